The van der Waals surface area contributed by atoms with Gasteiger partial charge in [0.1, 0.15) is 5.82 Å². The molecule has 6 nitrogen and oxygen atoms in total. The second-order valence-corrected chi connectivity index (χ2v) is 4.91. The molecule has 0 saturated carbocycles. The third kappa shape index (κ3) is 2.62. The monoisotopic (exact) mass is 277 g/mol. The van der Waals surface area contributed by atoms with Crippen molar-refractivity contribution in [2.75, 3.05) is 12.3 Å². The molecule has 1 unspecified atom stereocenters. The molecule has 2 N–H and O–H groups in total. The van der Waals surface area contributed by atoms with Crippen LogP contribution < -0.4 is 5.73 Å². The summed E-state index contributed by atoms with van der Waals surface area (Å²) in [6.45, 7) is 1.35. The molecule has 1 fully saturated rings. The Bertz CT molecular complexity index is 594. The number of hydrogen-bond acceptors (Lipinski definition) is 5. The van der Waals surface area contributed by atoms with Gasteiger partial charge in [-0.15, -0.1) is 5.10 Å². The van der Waals surface area contributed by atoms with E-state index in [0.717, 1.165) is 25.9 Å². The van der Waals surface area contributed by atoms with E-state index in [-0.39, 0.29) is 11.8 Å². The van der Waals surface area contributed by atoms with Crippen molar-refractivity contribution in [1.82, 2.24) is 20.2 Å². The van der Waals surface area contributed by atoms with E-state index in [1.165, 1.54) is 12.1 Å². The topological polar surface area (TPSA) is 78.9 Å². The molecule has 0 spiro atoms. The van der Waals surface area contributed by atoms with Crippen LogP contribution in [-0.4, -0.2) is 32.9 Å². The van der Waals surface area contributed by atoms with E-state index in [2.05, 4.69) is 15.5 Å². The fraction of sp³-hybridized carbons (Fsp3) is 0.462. The predicted molar refractivity (Wildman–Crippen MR) is 71.2 cm³/mol. The Morgan fingerprint density at radius 2 is 2.30 bits per heavy atom. The minimum Gasteiger partial charge on any atom is -0.396 e. The van der Waals surface area contributed by atoms with Crippen LogP contribution in [0.4, 0.5) is 10.1 Å². The first-order valence-electron chi connectivity index (χ1n) is 6.67. The number of anilines is 1. The molecule has 1 saturated heterocycles. The summed E-state index contributed by atoms with van der Waals surface area (Å²) < 4.78 is 20.9. The van der Waals surface area contributed by atoms with Crippen molar-refractivity contribution in [3.8, 4) is 11.4 Å². The lowest BCUT2D eigenvalue weighted by Gasteiger charge is -2.22. The van der Waals surface area contributed by atoms with Crippen LogP contribution in [0.3, 0.4) is 0 Å². The first kappa shape index (κ1) is 13.0. The highest BCUT2D eigenvalue weighted by molar-refractivity contribution is 5.59. The number of rotatable bonds is 3. The molecule has 0 amide bonds. The number of benzene rings is 1. The van der Waals surface area contributed by atoms with Crippen LogP contribution in [-0.2, 0) is 11.3 Å². The van der Waals surface area contributed by atoms with Crippen molar-refractivity contribution in [3.63, 3.8) is 0 Å². The van der Waals surface area contributed by atoms with Gasteiger partial charge >= 0.3 is 0 Å². The summed E-state index contributed by atoms with van der Waals surface area (Å²) in [5.74, 6) is 0.0593. The second kappa shape index (κ2) is 5.54. The number of nitrogen functional groups attached to an aromatic ring is 1. The summed E-state index contributed by atoms with van der Waals surface area (Å²) >= 11 is 0. The van der Waals surface area contributed by atoms with Gasteiger partial charge in [-0.3, -0.25) is 0 Å². The molecule has 7 heteroatoms. The molecule has 0 bridgehead atoms. The minimum absolute atomic E-state index is 0.114. The lowest BCUT2D eigenvalue weighted by molar-refractivity contribution is 0.00397. The molecule has 1 aliphatic heterocycles. The Kier molecular flexibility index (Phi) is 3.60. The zero-order valence-electron chi connectivity index (χ0n) is 11.0. The van der Waals surface area contributed by atoms with E-state index in [4.69, 9.17) is 10.5 Å². The molecule has 1 aromatic carbocycles. The van der Waals surface area contributed by atoms with Crippen LogP contribution in [0.2, 0.25) is 0 Å². The summed E-state index contributed by atoms with van der Waals surface area (Å²) in [5.41, 5.74) is 6.20. The van der Waals surface area contributed by atoms with Crippen LogP contribution in [0, 0.1) is 5.82 Å². The molecular formula is C13H16FN5O. The fourth-order valence-corrected chi connectivity index (χ4v) is 2.34. The van der Waals surface area contributed by atoms with Crippen molar-refractivity contribution in [3.05, 3.63) is 24.0 Å². The van der Waals surface area contributed by atoms with Gasteiger partial charge in [0.05, 0.1) is 18.3 Å². The normalized spacial score (nSPS) is 19.1. The molecule has 1 aliphatic rings. The summed E-state index contributed by atoms with van der Waals surface area (Å²) in [7, 11) is 0. The third-order valence-corrected chi connectivity index (χ3v) is 3.44. The number of nitrogens with zero attached hydrogens (tertiary/aromatic N) is 4. The van der Waals surface area contributed by atoms with E-state index in [0.29, 0.717) is 17.9 Å². The van der Waals surface area contributed by atoms with Gasteiger partial charge in [0.15, 0.2) is 5.82 Å². The minimum atomic E-state index is -0.467. The maximum absolute atomic E-state index is 13.5. The second-order valence-electron chi connectivity index (χ2n) is 4.91. The van der Waals surface area contributed by atoms with Gasteiger partial charge in [-0.2, -0.15) is 0 Å². The molecule has 0 radical (unpaired) electrons. The third-order valence-electron chi connectivity index (χ3n) is 3.44. The van der Waals surface area contributed by atoms with Gasteiger partial charge in [-0.05, 0) is 47.9 Å². The number of tetrazole rings is 1. The SMILES string of the molecule is Nc1ccc(-c2nnnn2CC2CCCCO2)cc1F. The summed E-state index contributed by atoms with van der Waals surface area (Å²) in [6, 6.07) is 4.57. The maximum Gasteiger partial charge on any atom is 0.182 e. The van der Waals surface area contributed by atoms with Crippen LogP contribution >= 0.6 is 0 Å². The lowest BCUT2D eigenvalue weighted by atomic mass is 10.1. The maximum atomic E-state index is 13.5. The van der Waals surface area contributed by atoms with Crippen molar-refractivity contribution < 1.29 is 9.13 Å². The first-order valence-corrected chi connectivity index (χ1v) is 6.67. The van der Waals surface area contributed by atoms with Crippen LogP contribution in [0.5, 0.6) is 0 Å². The summed E-state index contributed by atoms with van der Waals surface area (Å²) in [6.07, 6.45) is 3.36. The summed E-state index contributed by atoms with van der Waals surface area (Å²) in [5, 5.41) is 11.6. The number of halogens is 1. The highest BCUT2D eigenvalue weighted by Crippen LogP contribution is 2.22. The average Bonchev–Trinajstić information content (AvgIpc) is 2.91. The van der Waals surface area contributed by atoms with Crippen LogP contribution in [0.1, 0.15) is 19.3 Å². The Labute approximate surface area is 115 Å². The Morgan fingerprint density at radius 1 is 1.40 bits per heavy atom. The van der Waals surface area contributed by atoms with Crippen molar-refractivity contribution in [2.24, 2.45) is 0 Å². The summed E-state index contributed by atoms with van der Waals surface area (Å²) in [4.78, 5) is 0. The lowest BCUT2D eigenvalue weighted by Crippen LogP contribution is -2.25. The van der Waals surface area contributed by atoms with E-state index in [1.807, 2.05) is 0 Å². The zero-order valence-corrected chi connectivity index (χ0v) is 11.0. The standard InChI is InChI=1S/C13H16FN5O/c14-11-7-9(4-5-12(11)15)13-16-17-18-19(13)8-10-3-1-2-6-20-10/h4-5,7,10H,1-3,6,8,15H2. The highest BCUT2D eigenvalue weighted by Gasteiger charge is 2.18. The molecule has 1 atom stereocenters. The molecule has 106 valence electrons. The molecule has 1 aromatic heterocycles. The quantitative estimate of drug-likeness (QED) is 0.863. The van der Waals surface area contributed by atoms with Gasteiger partial charge < -0.3 is 10.5 Å². The molecule has 0 aliphatic carbocycles. The van der Waals surface area contributed by atoms with Crippen LogP contribution in [0.25, 0.3) is 11.4 Å². The van der Waals surface area contributed by atoms with E-state index in [1.54, 1.807) is 10.7 Å². The molecule has 20 heavy (non-hydrogen) atoms. The Balaban J connectivity index is 1.83. The van der Waals surface area contributed by atoms with Crippen LogP contribution in [0.15, 0.2) is 18.2 Å². The highest BCUT2D eigenvalue weighted by atomic mass is 19.1. The van der Waals surface area contributed by atoms with Crippen molar-refractivity contribution >= 4 is 5.69 Å². The predicted octanol–water partition coefficient (Wildman–Crippen LogP) is 1.63. The Morgan fingerprint density at radius 3 is 3.05 bits per heavy atom. The van der Waals surface area contributed by atoms with Crippen molar-refractivity contribution in [2.45, 2.75) is 31.9 Å². The largest absolute Gasteiger partial charge is 0.396 e. The fourth-order valence-electron chi connectivity index (χ4n) is 2.34. The van der Waals surface area contributed by atoms with Gasteiger partial charge in [0.25, 0.3) is 0 Å². The first-order chi connectivity index (χ1) is 9.74. The average molecular weight is 277 g/mol. The van der Waals surface area contributed by atoms with Gasteiger partial charge in [0.2, 0.25) is 0 Å². The number of ether oxygens (including phenoxy) is 1. The Hall–Kier alpha value is -2.02. The molecular weight excluding hydrogens is 261 g/mol. The van der Waals surface area contributed by atoms with E-state index >= 15 is 0 Å². The smallest absolute Gasteiger partial charge is 0.182 e. The molecule has 2 aromatic rings. The van der Waals surface area contributed by atoms with Crippen molar-refractivity contribution in [1.29, 1.82) is 0 Å². The zero-order chi connectivity index (χ0) is 13.9. The van der Waals surface area contributed by atoms with E-state index < -0.39 is 5.82 Å². The van der Waals surface area contributed by atoms with Gasteiger partial charge in [0, 0.05) is 12.2 Å². The van der Waals surface area contributed by atoms with Gasteiger partial charge in [-0.1, -0.05) is 0 Å². The number of nitrogens with two attached hydrogens (primary N) is 1. The molecule has 2 heterocycles. The number of hydrogen-bond donors (Lipinski definition) is 1. The van der Waals surface area contributed by atoms with E-state index in [9.17, 15) is 4.39 Å². The van der Waals surface area contributed by atoms with Gasteiger partial charge in [-0.25, -0.2) is 9.07 Å². The number of aromatic nitrogens is 4. The molecule has 3 rings (SSSR count).